The number of hydrogen-bond acceptors (Lipinski definition) is 6. The molecule has 0 aliphatic carbocycles. The van der Waals surface area contributed by atoms with Gasteiger partial charge in [0.2, 0.25) is 0 Å². The van der Waals surface area contributed by atoms with E-state index in [1.807, 2.05) is 31.4 Å². The Bertz CT molecular complexity index is 793. The number of benzene rings is 1. The molecule has 0 amide bonds. The number of aromatic nitrogens is 1. The molecular formula is C21H30N4O2. The van der Waals surface area contributed by atoms with Crippen molar-refractivity contribution < 1.29 is 10.2 Å². The van der Waals surface area contributed by atoms with Crippen molar-refractivity contribution in [3.8, 4) is 11.5 Å². The first kappa shape index (κ1) is 19.3. The van der Waals surface area contributed by atoms with Gasteiger partial charge in [0.15, 0.2) is 17.3 Å². The van der Waals surface area contributed by atoms with E-state index in [0.29, 0.717) is 6.54 Å². The smallest absolute Gasteiger partial charge is 0.162 e. The van der Waals surface area contributed by atoms with Gasteiger partial charge in [0, 0.05) is 51.5 Å². The number of anilines is 2. The molecule has 0 unspecified atom stereocenters. The van der Waals surface area contributed by atoms with Crippen LogP contribution in [0, 0.1) is 0 Å². The minimum atomic E-state index is -0.0822. The number of phenols is 2. The van der Waals surface area contributed by atoms with E-state index in [-0.39, 0.29) is 16.9 Å². The molecule has 1 aromatic carbocycles. The molecule has 1 saturated heterocycles. The Kier molecular flexibility index (Phi) is 5.46. The maximum Gasteiger partial charge on any atom is 0.162 e. The van der Waals surface area contributed by atoms with Crippen LogP contribution >= 0.6 is 0 Å². The molecule has 0 spiro atoms. The molecule has 6 heteroatoms. The Morgan fingerprint density at radius 2 is 1.81 bits per heavy atom. The van der Waals surface area contributed by atoms with Gasteiger partial charge >= 0.3 is 0 Å². The van der Waals surface area contributed by atoms with Crippen LogP contribution in [0.4, 0.5) is 11.5 Å². The summed E-state index contributed by atoms with van der Waals surface area (Å²) in [5.74, 6) is 0.936. The summed E-state index contributed by atoms with van der Waals surface area (Å²) >= 11 is 0. The molecule has 3 rings (SSSR count). The largest absolute Gasteiger partial charge is 0.504 e. The second-order valence-corrected chi connectivity index (χ2v) is 8.14. The normalized spacial score (nSPS) is 15.8. The van der Waals surface area contributed by atoms with Crippen LogP contribution in [0.3, 0.4) is 0 Å². The van der Waals surface area contributed by atoms with Crippen LogP contribution in [0.2, 0.25) is 0 Å². The first-order chi connectivity index (χ1) is 12.8. The maximum absolute atomic E-state index is 10.3. The second kappa shape index (κ2) is 7.64. The fourth-order valence-electron chi connectivity index (χ4n) is 3.43. The molecule has 27 heavy (non-hydrogen) atoms. The van der Waals surface area contributed by atoms with Crippen molar-refractivity contribution in [2.45, 2.75) is 32.7 Å². The molecule has 6 nitrogen and oxygen atoms in total. The number of hydrogen-bond donors (Lipinski definition) is 3. The fourth-order valence-corrected chi connectivity index (χ4v) is 3.43. The Morgan fingerprint density at radius 3 is 2.44 bits per heavy atom. The Morgan fingerprint density at radius 1 is 1.11 bits per heavy atom. The average molecular weight is 370 g/mol. The summed E-state index contributed by atoms with van der Waals surface area (Å²) in [4.78, 5) is 9.11. The third-order valence-electron chi connectivity index (χ3n) is 5.16. The zero-order valence-corrected chi connectivity index (χ0v) is 16.7. The van der Waals surface area contributed by atoms with Gasteiger partial charge in [0.25, 0.3) is 0 Å². The molecule has 2 heterocycles. The van der Waals surface area contributed by atoms with E-state index in [9.17, 15) is 10.2 Å². The lowest BCUT2D eigenvalue weighted by Crippen LogP contribution is -2.46. The van der Waals surface area contributed by atoms with Gasteiger partial charge in [-0.1, -0.05) is 26.8 Å². The van der Waals surface area contributed by atoms with Gasteiger partial charge in [-0.05, 0) is 29.2 Å². The van der Waals surface area contributed by atoms with Crippen molar-refractivity contribution in [3.05, 3.63) is 41.6 Å². The van der Waals surface area contributed by atoms with Gasteiger partial charge in [0.05, 0.1) is 5.69 Å². The lowest BCUT2D eigenvalue weighted by Gasteiger charge is -2.36. The third-order valence-corrected chi connectivity index (χ3v) is 5.16. The summed E-state index contributed by atoms with van der Waals surface area (Å²) in [6.45, 7) is 10.4. The summed E-state index contributed by atoms with van der Waals surface area (Å²) in [6, 6.07) is 7.65. The van der Waals surface area contributed by atoms with E-state index in [2.05, 4.69) is 40.9 Å². The topological polar surface area (TPSA) is 71.9 Å². The molecule has 0 saturated carbocycles. The maximum atomic E-state index is 10.3. The highest BCUT2D eigenvalue weighted by Crippen LogP contribution is 2.36. The van der Waals surface area contributed by atoms with Crippen molar-refractivity contribution in [3.63, 3.8) is 0 Å². The number of nitrogens with zero attached hydrogens (tertiary/aromatic N) is 3. The number of aromatic hydroxyl groups is 2. The Hall–Kier alpha value is -2.47. The molecular weight excluding hydrogens is 340 g/mol. The highest BCUT2D eigenvalue weighted by molar-refractivity contribution is 5.65. The van der Waals surface area contributed by atoms with E-state index in [4.69, 9.17) is 0 Å². The molecule has 0 bridgehead atoms. The molecule has 2 aromatic rings. The average Bonchev–Trinajstić information content (AvgIpc) is 2.65. The Labute approximate surface area is 161 Å². The fraction of sp³-hybridized carbons (Fsp3) is 0.476. The molecule has 3 N–H and O–H groups in total. The predicted molar refractivity (Wildman–Crippen MR) is 110 cm³/mol. The first-order valence-electron chi connectivity index (χ1n) is 9.45. The van der Waals surface area contributed by atoms with Crippen molar-refractivity contribution in [2.24, 2.45) is 0 Å². The summed E-state index contributed by atoms with van der Waals surface area (Å²) in [5.41, 5.74) is 2.76. The van der Waals surface area contributed by atoms with Crippen LogP contribution in [0.5, 0.6) is 11.5 Å². The minimum Gasteiger partial charge on any atom is -0.504 e. The highest BCUT2D eigenvalue weighted by atomic mass is 16.3. The standard InChI is InChI=1S/C21H30N4O2/c1-21(2,3)16-12-15(19(27)18(26)13-16)14-24-8-10-25(11-9-24)20-17(22-4)6-5-7-23-20/h5-7,12-13,22,26-27H,8-11,14H2,1-4H3. The van der Waals surface area contributed by atoms with Crippen LogP contribution in [-0.2, 0) is 12.0 Å². The number of nitrogens with one attached hydrogen (secondary N) is 1. The van der Waals surface area contributed by atoms with Gasteiger partial charge in [-0.15, -0.1) is 0 Å². The van der Waals surface area contributed by atoms with E-state index in [1.165, 1.54) is 0 Å². The monoisotopic (exact) mass is 370 g/mol. The number of phenolic OH excluding ortho intramolecular Hbond substituents is 2. The third kappa shape index (κ3) is 4.27. The molecule has 1 fully saturated rings. The summed E-state index contributed by atoms with van der Waals surface area (Å²) < 4.78 is 0. The van der Waals surface area contributed by atoms with Crippen molar-refractivity contribution in [2.75, 3.05) is 43.4 Å². The van der Waals surface area contributed by atoms with Crippen molar-refractivity contribution in [1.82, 2.24) is 9.88 Å². The SMILES string of the molecule is CNc1cccnc1N1CCN(Cc2cc(C(C)(C)C)cc(O)c2O)CC1. The van der Waals surface area contributed by atoms with Crippen LogP contribution in [0.15, 0.2) is 30.5 Å². The van der Waals surface area contributed by atoms with E-state index in [0.717, 1.165) is 48.8 Å². The lowest BCUT2D eigenvalue weighted by molar-refractivity contribution is 0.245. The zero-order valence-electron chi connectivity index (χ0n) is 16.7. The molecule has 1 aliphatic heterocycles. The highest BCUT2D eigenvalue weighted by Gasteiger charge is 2.23. The second-order valence-electron chi connectivity index (χ2n) is 8.14. The van der Waals surface area contributed by atoms with Gasteiger partial charge in [-0.25, -0.2) is 4.98 Å². The first-order valence-corrected chi connectivity index (χ1v) is 9.45. The van der Waals surface area contributed by atoms with Crippen molar-refractivity contribution >= 4 is 11.5 Å². The van der Waals surface area contributed by atoms with Crippen LogP contribution in [0.1, 0.15) is 31.9 Å². The van der Waals surface area contributed by atoms with Crippen LogP contribution in [-0.4, -0.2) is 53.3 Å². The van der Waals surface area contributed by atoms with Gasteiger partial charge in [-0.3, -0.25) is 4.90 Å². The number of pyridine rings is 1. The molecule has 1 aromatic heterocycles. The van der Waals surface area contributed by atoms with E-state index >= 15 is 0 Å². The van der Waals surface area contributed by atoms with Crippen molar-refractivity contribution in [1.29, 1.82) is 0 Å². The van der Waals surface area contributed by atoms with Crippen LogP contribution in [0.25, 0.3) is 0 Å². The number of rotatable bonds is 4. The Balaban J connectivity index is 1.70. The zero-order chi connectivity index (χ0) is 19.6. The molecule has 0 atom stereocenters. The number of piperazine rings is 1. The quantitative estimate of drug-likeness (QED) is 0.718. The van der Waals surface area contributed by atoms with Gasteiger partial charge < -0.3 is 20.4 Å². The lowest BCUT2D eigenvalue weighted by atomic mass is 9.85. The molecule has 1 aliphatic rings. The molecule has 146 valence electrons. The predicted octanol–water partition coefficient (Wildman–Crippen LogP) is 3.15. The summed E-state index contributed by atoms with van der Waals surface area (Å²) in [7, 11) is 1.91. The minimum absolute atomic E-state index is 0.00683. The van der Waals surface area contributed by atoms with E-state index < -0.39 is 0 Å². The van der Waals surface area contributed by atoms with Crippen LogP contribution < -0.4 is 10.2 Å². The van der Waals surface area contributed by atoms with Gasteiger partial charge in [-0.2, -0.15) is 0 Å². The molecule has 0 radical (unpaired) electrons. The summed E-state index contributed by atoms with van der Waals surface area (Å²) in [6.07, 6.45) is 1.82. The van der Waals surface area contributed by atoms with E-state index in [1.54, 1.807) is 6.07 Å². The summed E-state index contributed by atoms with van der Waals surface area (Å²) in [5, 5.41) is 23.6. The van der Waals surface area contributed by atoms with Gasteiger partial charge in [0.1, 0.15) is 0 Å².